The normalized spacial score (nSPS) is 21.8. The molecule has 1 aromatic carbocycles. The molecular formula is C18H26N2O3S. The summed E-state index contributed by atoms with van der Waals surface area (Å²) in [5.41, 5.74) is 0.862. The second-order valence-corrected chi connectivity index (χ2v) is 7.26. The largest absolute Gasteiger partial charge is 0.350 e. The Hall–Kier alpha value is -1.08. The van der Waals surface area contributed by atoms with Gasteiger partial charge in [-0.25, -0.2) is 0 Å². The predicted molar refractivity (Wildman–Crippen MR) is 96.3 cm³/mol. The Balaban J connectivity index is 1.50. The number of anilines is 1. The first-order valence-electron chi connectivity index (χ1n) is 8.59. The molecular weight excluding hydrogens is 324 g/mol. The number of piperidine rings is 1. The molecule has 0 radical (unpaired) electrons. The Morgan fingerprint density at radius 1 is 1.29 bits per heavy atom. The lowest BCUT2D eigenvalue weighted by molar-refractivity contribution is -0.123. The molecule has 0 spiro atoms. The minimum absolute atomic E-state index is 0.0365. The van der Waals surface area contributed by atoms with Crippen molar-refractivity contribution in [3.8, 4) is 0 Å². The number of benzene rings is 1. The highest BCUT2D eigenvalue weighted by Gasteiger charge is 2.33. The van der Waals surface area contributed by atoms with Crippen LogP contribution in [-0.2, 0) is 14.3 Å². The Morgan fingerprint density at radius 3 is 2.67 bits per heavy atom. The van der Waals surface area contributed by atoms with Crippen LogP contribution in [0.25, 0.3) is 0 Å². The van der Waals surface area contributed by atoms with E-state index in [4.69, 9.17) is 9.47 Å². The van der Waals surface area contributed by atoms with E-state index in [9.17, 15) is 4.79 Å². The maximum Gasteiger partial charge on any atom is 0.241 e. The molecule has 2 aliphatic rings. The summed E-state index contributed by atoms with van der Waals surface area (Å²) in [4.78, 5) is 15.9. The molecule has 6 heteroatoms. The third-order valence-corrected chi connectivity index (χ3v) is 5.60. The molecule has 2 heterocycles. The zero-order valence-electron chi connectivity index (χ0n) is 14.4. The van der Waals surface area contributed by atoms with E-state index in [1.54, 1.807) is 11.8 Å². The smallest absolute Gasteiger partial charge is 0.241 e. The molecule has 1 amide bonds. The summed E-state index contributed by atoms with van der Waals surface area (Å²) in [6.45, 7) is 5.22. The minimum Gasteiger partial charge on any atom is -0.350 e. The van der Waals surface area contributed by atoms with Gasteiger partial charge in [-0.3, -0.25) is 9.69 Å². The first-order chi connectivity index (χ1) is 11.7. The highest BCUT2D eigenvalue weighted by molar-refractivity contribution is 7.98. The van der Waals surface area contributed by atoms with Crippen LogP contribution in [0, 0.1) is 5.92 Å². The molecule has 0 saturated carbocycles. The summed E-state index contributed by atoms with van der Waals surface area (Å²) in [6, 6.07) is 7.83. The molecule has 132 valence electrons. The molecule has 2 saturated heterocycles. The van der Waals surface area contributed by atoms with Crippen LogP contribution >= 0.6 is 11.8 Å². The van der Waals surface area contributed by atoms with E-state index in [-0.39, 0.29) is 18.2 Å². The standard InChI is InChI=1S/C18H26N2O3S/c1-13(17(21)19-15-4-3-5-16(12-15)24-2)20-8-6-14(7-9-20)18-22-10-11-23-18/h3-5,12-14,18H,6-11H2,1-2H3,(H,19,21). The summed E-state index contributed by atoms with van der Waals surface area (Å²) in [6.07, 6.45) is 4.03. The van der Waals surface area contributed by atoms with E-state index < -0.39 is 0 Å². The van der Waals surface area contributed by atoms with Crippen molar-refractivity contribution in [2.24, 2.45) is 5.92 Å². The van der Waals surface area contributed by atoms with Crippen molar-refractivity contribution in [3.63, 3.8) is 0 Å². The van der Waals surface area contributed by atoms with E-state index in [2.05, 4.69) is 10.2 Å². The van der Waals surface area contributed by atoms with E-state index in [0.717, 1.165) is 36.5 Å². The van der Waals surface area contributed by atoms with Crippen LogP contribution in [0.1, 0.15) is 19.8 Å². The van der Waals surface area contributed by atoms with Gasteiger partial charge in [0, 0.05) is 16.5 Å². The van der Waals surface area contributed by atoms with Gasteiger partial charge in [0.25, 0.3) is 0 Å². The molecule has 0 bridgehead atoms. The van der Waals surface area contributed by atoms with E-state index in [0.29, 0.717) is 19.1 Å². The van der Waals surface area contributed by atoms with Crippen LogP contribution in [0.4, 0.5) is 5.69 Å². The first-order valence-corrected chi connectivity index (χ1v) is 9.82. The molecule has 0 aliphatic carbocycles. The number of nitrogens with one attached hydrogen (secondary N) is 1. The summed E-state index contributed by atoms with van der Waals surface area (Å²) in [5.74, 6) is 0.511. The molecule has 0 aromatic heterocycles. The van der Waals surface area contributed by atoms with Crippen molar-refractivity contribution in [1.82, 2.24) is 4.90 Å². The third-order valence-electron chi connectivity index (χ3n) is 4.87. The number of rotatable bonds is 5. The van der Waals surface area contributed by atoms with Gasteiger partial charge in [-0.05, 0) is 57.3 Å². The fourth-order valence-corrected chi connectivity index (χ4v) is 3.80. The van der Waals surface area contributed by atoms with E-state index in [1.807, 2.05) is 37.4 Å². The molecule has 1 unspecified atom stereocenters. The first kappa shape index (κ1) is 17.7. The van der Waals surface area contributed by atoms with Crippen molar-refractivity contribution >= 4 is 23.4 Å². The predicted octanol–water partition coefficient (Wildman–Crippen LogP) is 2.82. The lowest BCUT2D eigenvalue weighted by Crippen LogP contribution is -2.47. The van der Waals surface area contributed by atoms with Crippen LogP contribution in [0.5, 0.6) is 0 Å². The summed E-state index contributed by atoms with van der Waals surface area (Å²) in [7, 11) is 0. The summed E-state index contributed by atoms with van der Waals surface area (Å²) < 4.78 is 11.2. The zero-order valence-corrected chi connectivity index (χ0v) is 15.2. The Labute approximate surface area is 148 Å². The maximum atomic E-state index is 12.5. The van der Waals surface area contributed by atoms with Crippen LogP contribution < -0.4 is 5.32 Å². The van der Waals surface area contributed by atoms with Gasteiger partial charge >= 0.3 is 0 Å². The van der Waals surface area contributed by atoms with Crippen LogP contribution in [0.15, 0.2) is 29.2 Å². The molecule has 1 atom stereocenters. The van der Waals surface area contributed by atoms with Crippen LogP contribution in [-0.4, -0.2) is 55.7 Å². The number of carbonyl (C=O) groups is 1. The van der Waals surface area contributed by atoms with Gasteiger partial charge in [-0.1, -0.05) is 6.07 Å². The average Bonchev–Trinajstić information content (AvgIpc) is 3.16. The van der Waals surface area contributed by atoms with E-state index >= 15 is 0 Å². The maximum absolute atomic E-state index is 12.5. The van der Waals surface area contributed by atoms with Gasteiger partial charge in [0.05, 0.1) is 19.3 Å². The second kappa shape index (κ2) is 8.34. The van der Waals surface area contributed by atoms with Gasteiger partial charge < -0.3 is 14.8 Å². The van der Waals surface area contributed by atoms with E-state index in [1.165, 1.54) is 0 Å². The fraction of sp³-hybridized carbons (Fsp3) is 0.611. The highest BCUT2D eigenvalue weighted by atomic mass is 32.2. The Morgan fingerprint density at radius 2 is 2.00 bits per heavy atom. The zero-order chi connectivity index (χ0) is 16.9. The van der Waals surface area contributed by atoms with Crippen molar-refractivity contribution in [2.45, 2.75) is 37.0 Å². The summed E-state index contributed by atoms with van der Waals surface area (Å²) >= 11 is 1.67. The number of amides is 1. The molecule has 1 N–H and O–H groups in total. The van der Waals surface area contributed by atoms with Crippen molar-refractivity contribution in [2.75, 3.05) is 37.9 Å². The molecule has 24 heavy (non-hydrogen) atoms. The fourth-order valence-electron chi connectivity index (χ4n) is 3.34. The highest BCUT2D eigenvalue weighted by Crippen LogP contribution is 2.27. The average molecular weight is 350 g/mol. The van der Waals surface area contributed by atoms with Crippen molar-refractivity contribution in [3.05, 3.63) is 24.3 Å². The van der Waals surface area contributed by atoms with Gasteiger partial charge in [-0.15, -0.1) is 11.8 Å². The molecule has 5 nitrogen and oxygen atoms in total. The second-order valence-electron chi connectivity index (χ2n) is 6.38. The molecule has 2 fully saturated rings. The monoisotopic (exact) mass is 350 g/mol. The van der Waals surface area contributed by atoms with Crippen LogP contribution in [0.3, 0.4) is 0 Å². The number of hydrogen-bond acceptors (Lipinski definition) is 5. The third kappa shape index (κ3) is 4.30. The Kier molecular flexibility index (Phi) is 6.16. The van der Waals surface area contributed by atoms with Crippen LogP contribution in [0.2, 0.25) is 0 Å². The Bertz CT molecular complexity index is 555. The number of ether oxygens (including phenoxy) is 2. The topological polar surface area (TPSA) is 50.8 Å². The molecule has 1 aromatic rings. The number of likely N-dealkylation sites (tertiary alicyclic amines) is 1. The van der Waals surface area contributed by atoms with Gasteiger partial charge in [0.2, 0.25) is 5.91 Å². The number of nitrogens with zero attached hydrogens (tertiary/aromatic N) is 1. The van der Waals surface area contributed by atoms with Gasteiger partial charge in [-0.2, -0.15) is 0 Å². The number of thioether (sulfide) groups is 1. The summed E-state index contributed by atoms with van der Waals surface area (Å²) in [5, 5.41) is 3.04. The SMILES string of the molecule is CSc1cccc(NC(=O)C(C)N2CCC(C3OCCO3)CC2)c1. The molecule has 2 aliphatic heterocycles. The molecule has 3 rings (SSSR count). The van der Waals surface area contributed by atoms with Gasteiger partial charge in [0.1, 0.15) is 0 Å². The number of hydrogen-bond donors (Lipinski definition) is 1. The van der Waals surface area contributed by atoms with Crippen molar-refractivity contribution in [1.29, 1.82) is 0 Å². The lowest BCUT2D eigenvalue weighted by atomic mass is 9.95. The number of carbonyl (C=O) groups excluding carboxylic acids is 1. The van der Waals surface area contributed by atoms with Gasteiger partial charge in [0.15, 0.2) is 6.29 Å². The van der Waals surface area contributed by atoms with Crippen molar-refractivity contribution < 1.29 is 14.3 Å². The lowest BCUT2D eigenvalue weighted by Gasteiger charge is -2.36. The quantitative estimate of drug-likeness (QED) is 0.828. The minimum atomic E-state index is -0.130.